The average molecular weight is 201 g/mol. The Morgan fingerprint density at radius 2 is 2.07 bits per heavy atom. The Bertz CT molecular complexity index is 386. The predicted octanol–water partition coefficient (Wildman–Crippen LogP) is 2.22. The van der Waals surface area contributed by atoms with Crippen molar-refractivity contribution in [1.29, 1.82) is 0 Å². The molecular formula is C13H15NO. The Morgan fingerprint density at radius 1 is 1.20 bits per heavy atom. The van der Waals surface area contributed by atoms with Crippen molar-refractivity contribution in [2.24, 2.45) is 10.9 Å². The molecule has 1 aromatic rings. The van der Waals surface area contributed by atoms with E-state index in [0.29, 0.717) is 12.0 Å². The molecule has 2 nitrogen and oxygen atoms in total. The van der Waals surface area contributed by atoms with Gasteiger partial charge in [-0.3, -0.25) is 4.99 Å². The van der Waals surface area contributed by atoms with Crippen LogP contribution in [-0.4, -0.2) is 19.0 Å². The second kappa shape index (κ2) is 3.69. The van der Waals surface area contributed by atoms with E-state index in [-0.39, 0.29) is 0 Å². The van der Waals surface area contributed by atoms with Crippen LogP contribution in [-0.2, 0) is 17.6 Å². The fourth-order valence-corrected chi connectivity index (χ4v) is 2.62. The van der Waals surface area contributed by atoms with E-state index in [2.05, 4.69) is 29.3 Å². The highest BCUT2D eigenvalue weighted by atomic mass is 16.5. The molecule has 0 N–H and O–H groups in total. The van der Waals surface area contributed by atoms with Crippen LogP contribution in [0.5, 0.6) is 0 Å². The van der Waals surface area contributed by atoms with Crippen molar-refractivity contribution in [3.8, 4) is 0 Å². The van der Waals surface area contributed by atoms with Gasteiger partial charge in [0.05, 0.1) is 6.04 Å². The molecule has 0 aromatic heterocycles. The van der Waals surface area contributed by atoms with Crippen LogP contribution >= 0.6 is 0 Å². The normalized spacial score (nSPS) is 28.5. The lowest BCUT2D eigenvalue weighted by molar-refractivity contribution is 0.270. The van der Waals surface area contributed by atoms with Crippen LogP contribution in [0.3, 0.4) is 0 Å². The van der Waals surface area contributed by atoms with E-state index in [9.17, 15) is 0 Å². The van der Waals surface area contributed by atoms with E-state index in [1.807, 2.05) is 0 Å². The maximum Gasteiger partial charge on any atom is 0.169 e. The Kier molecular flexibility index (Phi) is 2.20. The highest BCUT2D eigenvalue weighted by molar-refractivity contribution is 5.49. The Hall–Kier alpha value is -1.31. The number of fused-ring (bicyclic) bond motifs is 1. The molecule has 0 bridgehead atoms. The fourth-order valence-electron chi connectivity index (χ4n) is 2.62. The standard InChI is InChI=1S/C13H15NO/c1-2-4-11-7-12(6-5-10(11)3-1)13-8-15-9-14-13/h1-4,9,12-13H,5-8H2. The number of rotatable bonds is 1. The Labute approximate surface area is 90.0 Å². The first-order valence-corrected chi connectivity index (χ1v) is 5.63. The zero-order valence-electron chi connectivity index (χ0n) is 8.73. The maximum absolute atomic E-state index is 5.21. The summed E-state index contributed by atoms with van der Waals surface area (Å²) < 4.78 is 5.21. The molecule has 1 aromatic carbocycles. The van der Waals surface area contributed by atoms with Crippen molar-refractivity contribution < 1.29 is 4.74 Å². The van der Waals surface area contributed by atoms with Crippen molar-refractivity contribution in [3.63, 3.8) is 0 Å². The highest BCUT2D eigenvalue weighted by Gasteiger charge is 2.27. The molecule has 1 aliphatic carbocycles. The minimum atomic E-state index is 0.401. The zero-order chi connectivity index (χ0) is 10.1. The van der Waals surface area contributed by atoms with Crippen LogP contribution in [0, 0.1) is 5.92 Å². The summed E-state index contributed by atoms with van der Waals surface area (Å²) in [7, 11) is 0. The van der Waals surface area contributed by atoms with Crippen molar-refractivity contribution >= 4 is 6.40 Å². The van der Waals surface area contributed by atoms with E-state index in [1.54, 1.807) is 6.40 Å². The van der Waals surface area contributed by atoms with Gasteiger partial charge in [-0.15, -0.1) is 0 Å². The lowest BCUT2D eigenvalue weighted by Crippen LogP contribution is -2.26. The second-order valence-corrected chi connectivity index (χ2v) is 4.43. The van der Waals surface area contributed by atoms with Gasteiger partial charge in [-0.05, 0) is 36.3 Å². The number of hydrogen-bond acceptors (Lipinski definition) is 2. The molecule has 0 fully saturated rings. The van der Waals surface area contributed by atoms with E-state index in [4.69, 9.17) is 4.74 Å². The smallest absolute Gasteiger partial charge is 0.169 e. The lowest BCUT2D eigenvalue weighted by atomic mass is 9.80. The van der Waals surface area contributed by atoms with Crippen LogP contribution in [0.2, 0.25) is 0 Å². The Balaban J connectivity index is 1.79. The van der Waals surface area contributed by atoms with Gasteiger partial charge in [0.2, 0.25) is 0 Å². The van der Waals surface area contributed by atoms with Gasteiger partial charge in [0.25, 0.3) is 0 Å². The summed E-state index contributed by atoms with van der Waals surface area (Å²) in [4.78, 5) is 4.39. The first-order chi connectivity index (χ1) is 7.43. The first-order valence-electron chi connectivity index (χ1n) is 5.63. The van der Waals surface area contributed by atoms with Gasteiger partial charge in [-0.1, -0.05) is 24.3 Å². The van der Waals surface area contributed by atoms with Crippen LogP contribution in [0.4, 0.5) is 0 Å². The highest BCUT2D eigenvalue weighted by Crippen LogP contribution is 2.29. The van der Waals surface area contributed by atoms with E-state index >= 15 is 0 Å². The van der Waals surface area contributed by atoms with Gasteiger partial charge in [0, 0.05) is 0 Å². The van der Waals surface area contributed by atoms with Gasteiger partial charge in [-0.25, -0.2) is 0 Å². The molecule has 1 aliphatic heterocycles. The number of nitrogens with zero attached hydrogens (tertiary/aromatic N) is 1. The van der Waals surface area contributed by atoms with Crippen LogP contribution in [0.1, 0.15) is 17.5 Å². The van der Waals surface area contributed by atoms with E-state index in [0.717, 1.165) is 6.61 Å². The van der Waals surface area contributed by atoms with Crippen molar-refractivity contribution in [1.82, 2.24) is 0 Å². The number of aryl methyl sites for hydroxylation is 1. The molecule has 0 amide bonds. The molecule has 0 saturated carbocycles. The summed E-state index contributed by atoms with van der Waals surface area (Å²) in [5, 5.41) is 0. The van der Waals surface area contributed by atoms with Crippen LogP contribution in [0.15, 0.2) is 29.3 Å². The molecule has 0 spiro atoms. The summed E-state index contributed by atoms with van der Waals surface area (Å²) in [5.74, 6) is 0.679. The quantitative estimate of drug-likeness (QED) is 0.682. The Morgan fingerprint density at radius 3 is 2.87 bits per heavy atom. The van der Waals surface area contributed by atoms with Gasteiger partial charge in [0.1, 0.15) is 6.61 Å². The summed E-state index contributed by atoms with van der Waals surface area (Å²) in [6, 6.07) is 9.17. The summed E-state index contributed by atoms with van der Waals surface area (Å²) in [6.07, 6.45) is 5.24. The molecular weight excluding hydrogens is 186 g/mol. The minimum Gasteiger partial charge on any atom is -0.481 e. The van der Waals surface area contributed by atoms with Crippen molar-refractivity contribution in [2.75, 3.05) is 6.61 Å². The second-order valence-electron chi connectivity index (χ2n) is 4.43. The monoisotopic (exact) mass is 201 g/mol. The van der Waals surface area contributed by atoms with Crippen molar-refractivity contribution in [3.05, 3.63) is 35.4 Å². The first kappa shape index (κ1) is 8.96. The summed E-state index contributed by atoms with van der Waals surface area (Å²) in [6.45, 7) is 0.785. The number of benzene rings is 1. The molecule has 0 radical (unpaired) electrons. The predicted molar refractivity (Wildman–Crippen MR) is 60.2 cm³/mol. The molecule has 2 aliphatic rings. The number of aliphatic imine (C=N–C) groups is 1. The largest absolute Gasteiger partial charge is 0.481 e. The molecule has 3 rings (SSSR count). The van der Waals surface area contributed by atoms with E-state index in [1.165, 1.54) is 30.4 Å². The maximum atomic E-state index is 5.21. The van der Waals surface area contributed by atoms with Gasteiger partial charge in [-0.2, -0.15) is 0 Å². The third-order valence-electron chi connectivity index (χ3n) is 3.52. The van der Waals surface area contributed by atoms with Crippen LogP contribution in [0.25, 0.3) is 0 Å². The zero-order valence-corrected chi connectivity index (χ0v) is 8.73. The van der Waals surface area contributed by atoms with Gasteiger partial charge >= 0.3 is 0 Å². The lowest BCUT2D eigenvalue weighted by Gasteiger charge is -2.26. The molecule has 15 heavy (non-hydrogen) atoms. The third-order valence-corrected chi connectivity index (χ3v) is 3.52. The molecule has 2 unspecified atom stereocenters. The summed E-state index contributed by atoms with van der Waals surface area (Å²) >= 11 is 0. The number of ether oxygens (including phenoxy) is 1. The molecule has 78 valence electrons. The molecule has 1 heterocycles. The fraction of sp³-hybridized carbons (Fsp3) is 0.462. The third kappa shape index (κ3) is 1.65. The molecule has 2 heteroatoms. The molecule has 2 atom stereocenters. The average Bonchev–Trinajstić information content (AvgIpc) is 2.82. The minimum absolute atomic E-state index is 0.401. The molecule has 0 saturated heterocycles. The van der Waals surface area contributed by atoms with E-state index < -0.39 is 0 Å². The summed E-state index contributed by atoms with van der Waals surface area (Å²) in [5.41, 5.74) is 3.03. The SMILES string of the molecule is C1=NC(C2CCc3ccccc3C2)CO1. The van der Waals surface area contributed by atoms with Gasteiger partial charge in [0.15, 0.2) is 6.40 Å². The number of hydrogen-bond donors (Lipinski definition) is 0. The van der Waals surface area contributed by atoms with Crippen molar-refractivity contribution in [2.45, 2.75) is 25.3 Å². The van der Waals surface area contributed by atoms with Gasteiger partial charge < -0.3 is 4.74 Å². The van der Waals surface area contributed by atoms with Crippen LogP contribution < -0.4 is 0 Å². The topological polar surface area (TPSA) is 21.6 Å².